The molecule has 0 aliphatic carbocycles. The number of nitrogens with zero attached hydrogens (tertiary/aromatic N) is 3. The zero-order valence-electron chi connectivity index (χ0n) is 9.31. The second-order valence-corrected chi connectivity index (χ2v) is 4.51. The molecule has 2 rings (SSSR count). The van der Waals surface area contributed by atoms with Crippen LogP contribution in [0.1, 0.15) is 0 Å². The molecule has 0 aliphatic rings. The van der Waals surface area contributed by atoms with E-state index in [-0.39, 0.29) is 18.4 Å². The third-order valence-corrected chi connectivity index (χ3v) is 2.68. The van der Waals surface area contributed by atoms with Crippen LogP contribution in [0.2, 0.25) is 0 Å². The van der Waals surface area contributed by atoms with Gasteiger partial charge in [0.15, 0.2) is 0 Å². The molecule has 0 spiro atoms. The number of para-hydroxylation sites is 1. The maximum Gasteiger partial charge on any atom is 0.332 e. The fourth-order valence-corrected chi connectivity index (χ4v) is 1.70. The van der Waals surface area contributed by atoms with Crippen LogP contribution in [0, 0.1) is 0 Å². The molecule has 18 heavy (non-hydrogen) atoms. The van der Waals surface area contributed by atoms with Crippen molar-refractivity contribution in [2.75, 3.05) is 12.4 Å². The van der Waals surface area contributed by atoms with E-state index in [1.54, 1.807) is 31.3 Å². The molecule has 0 atom stereocenters. The average molecular weight is 291 g/mol. The van der Waals surface area contributed by atoms with Crippen molar-refractivity contribution in [1.82, 2.24) is 14.8 Å². The molecule has 0 aliphatic heterocycles. The minimum Gasteiger partial charge on any atom is -0.357 e. The van der Waals surface area contributed by atoms with Crippen molar-refractivity contribution < 1.29 is 13.0 Å². The van der Waals surface area contributed by atoms with E-state index in [0.717, 1.165) is 0 Å². The Morgan fingerprint density at radius 2 is 1.89 bits per heavy atom. The van der Waals surface area contributed by atoms with E-state index >= 15 is 0 Å². The standard InChI is InChI=1S/C9H10N4O3S.ClH/c1-10-8-11-9(17(14,15)16)12-13(8)7-5-3-2-4-6-7;/h2-6H,1H3,(H,10,11,12)(H,14,15,16);1H. The SMILES string of the molecule is CNc1nc(S(=O)(=O)O)nn1-c1ccccc1.Cl. The number of nitrogens with one attached hydrogen (secondary N) is 1. The monoisotopic (exact) mass is 290 g/mol. The second kappa shape index (κ2) is 5.34. The second-order valence-electron chi connectivity index (χ2n) is 3.19. The summed E-state index contributed by atoms with van der Waals surface area (Å²) in [5, 5.41) is 5.79. The van der Waals surface area contributed by atoms with Gasteiger partial charge in [0.2, 0.25) is 5.95 Å². The Balaban J connectivity index is 0.00000162. The molecule has 0 amide bonds. The van der Waals surface area contributed by atoms with Gasteiger partial charge in [-0.25, -0.2) is 0 Å². The maximum absolute atomic E-state index is 10.9. The fourth-order valence-electron chi connectivity index (χ4n) is 1.31. The van der Waals surface area contributed by atoms with Gasteiger partial charge in [-0.1, -0.05) is 18.2 Å². The highest BCUT2D eigenvalue weighted by Crippen LogP contribution is 2.15. The summed E-state index contributed by atoms with van der Waals surface area (Å²) in [6.45, 7) is 0. The molecule has 0 saturated heterocycles. The van der Waals surface area contributed by atoms with Gasteiger partial charge in [-0.05, 0) is 12.1 Å². The van der Waals surface area contributed by atoms with Gasteiger partial charge >= 0.3 is 10.1 Å². The quantitative estimate of drug-likeness (QED) is 0.818. The molecule has 2 N–H and O–H groups in total. The minimum absolute atomic E-state index is 0. The molecule has 2 aromatic rings. The topological polar surface area (TPSA) is 97.1 Å². The Kier molecular flexibility index (Phi) is 4.28. The average Bonchev–Trinajstić information content (AvgIpc) is 2.73. The number of hydrogen-bond donors (Lipinski definition) is 2. The van der Waals surface area contributed by atoms with Crippen molar-refractivity contribution in [1.29, 1.82) is 0 Å². The first kappa shape index (κ1) is 14.4. The lowest BCUT2D eigenvalue weighted by molar-refractivity contribution is 0.474. The highest BCUT2D eigenvalue weighted by molar-refractivity contribution is 7.85. The summed E-state index contributed by atoms with van der Waals surface area (Å²) in [6, 6.07) is 8.86. The lowest BCUT2D eigenvalue weighted by atomic mass is 10.3. The molecule has 0 unspecified atom stereocenters. The summed E-state index contributed by atoms with van der Waals surface area (Å²) in [7, 11) is -2.83. The Bertz CT molecular complexity index is 627. The molecule has 0 radical (unpaired) electrons. The third-order valence-electron chi connectivity index (χ3n) is 2.04. The van der Waals surface area contributed by atoms with E-state index in [9.17, 15) is 8.42 Å². The van der Waals surface area contributed by atoms with E-state index in [4.69, 9.17) is 4.55 Å². The summed E-state index contributed by atoms with van der Waals surface area (Å²) in [5.41, 5.74) is 0.638. The van der Waals surface area contributed by atoms with E-state index in [2.05, 4.69) is 15.4 Å². The predicted octanol–water partition coefficient (Wildman–Crippen LogP) is 0.977. The summed E-state index contributed by atoms with van der Waals surface area (Å²) in [5.74, 6) is 0.226. The van der Waals surface area contributed by atoms with Crippen molar-refractivity contribution in [2.45, 2.75) is 5.16 Å². The van der Waals surface area contributed by atoms with Crippen LogP contribution in [0.5, 0.6) is 0 Å². The highest BCUT2D eigenvalue weighted by Gasteiger charge is 2.19. The summed E-state index contributed by atoms with van der Waals surface area (Å²) >= 11 is 0. The Morgan fingerprint density at radius 3 is 2.39 bits per heavy atom. The molecule has 0 fully saturated rings. The van der Waals surface area contributed by atoms with Gasteiger partial charge < -0.3 is 5.32 Å². The summed E-state index contributed by atoms with van der Waals surface area (Å²) in [4.78, 5) is 3.68. The molecule has 98 valence electrons. The first-order chi connectivity index (χ1) is 8.02. The predicted molar refractivity (Wildman–Crippen MR) is 68.0 cm³/mol. The lowest BCUT2D eigenvalue weighted by Crippen LogP contribution is -2.03. The van der Waals surface area contributed by atoms with Crippen molar-refractivity contribution >= 4 is 28.5 Å². The van der Waals surface area contributed by atoms with Gasteiger partial charge in [-0.3, -0.25) is 4.55 Å². The minimum atomic E-state index is -4.41. The van der Waals surface area contributed by atoms with Crippen molar-refractivity contribution in [2.24, 2.45) is 0 Å². The van der Waals surface area contributed by atoms with Crippen LogP contribution >= 0.6 is 12.4 Å². The zero-order chi connectivity index (χ0) is 12.5. The van der Waals surface area contributed by atoms with Crippen LogP contribution in [0.3, 0.4) is 0 Å². The Morgan fingerprint density at radius 1 is 1.28 bits per heavy atom. The van der Waals surface area contributed by atoms with E-state index in [0.29, 0.717) is 5.69 Å². The van der Waals surface area contributed by atoms with Gasteiger partial charge in [0.25, 0.3) is 5.16 Å². The largest absolute Gasteiger partial charge is 0.357 e. The molecular formula is C9H11ClN4O3S. The third kappa shape index (κ3) is 2.78. The number of anilines is 1. The van der Waals surface area contributed by atoms with Crippen molar-refractivity contribution in [3.05, 3.63) is 30.3 Å². The maximum atomic E-state index is 10.9. The molecular weight excluding hydrogens is 280 g/mol. The first-order valence-corrected chi connectivity index (χ1v) is 6.14. The highest BCUT2D eigenvalue weighted by atomic mass is 35.5. The van der Waals surface area contributed by atoms with Crippen LogP contribution < -0.4 is 5.32 Å². The van der Waals surface area contributed by atoms with E-state index in [1.165, 1.54) is 4.68 Å². The van der Waals surface area contributed by atoms with Gasteiger partial charge in [0.1, 0.15) is 0 Å². The van der Waals surface area contributed by atoms with Crippen LogP contribution in [0.4, 0.5) is 5.95 Å². The fraction of sp³-hybridized carbons (Fsp3) is 0.111. The summed E-state index contributed by atoms with van der Waals surface area (Å²) < 4.78 is 32.0. The number of rotatable bonds is 3. The summed E-state index contributed by atoms with van der Waals surface area (Å²) in [6.07, 6.45) is 0. The van der Waals surface area contributed by atoms with E-state index < -0.39 is 15.3 Å². The molecule has 7 nitrogen and oxygen atoms in total. The smallest absolute Gasteiger partial charge is 0.332 e. The number of hydrogen-bond acceptors (Lipinski definition) is 5. The number of aromatic nitrogens is 3. The molecule has 1 heterocycles. The van der Waals surface area contributed by atoms with Crippen molar-refractivity contribution in [3.8, 4) is 5.69 Å². The zero-order valence-corrected chi connectivity index (χ0v) is 10.9. The number of halogens is 1. The molecule has 0 bridgehead atoms. The lowest BCUT2D eigenvalue weighted by Gasteiger charge is -2.03. The van der Waals surface area contributed by atoms with Gasteiger partial charge in [-0.15, -0.1) is 17.5 Å². The molecule has 1 aromatic carbocycles. The van der Waals surface area contributed by atoms with Crippen molar-refractivity contribution in [3.63, 3.8) is 0 Å². The van der Waals surface area contributed by atoms with Gasteiger partial charge in [-0.2, -0.15) is 18.1 Å². The normalized spacial score (nSPS) is 10.8. The molecule has 1 aromatic heterocycles. The Labute approximate surface area is 110 Å². The molecule has 0 saturated carbocycles. The van der Waals surface area contributed by atoms with Crippen LogP contribution in [-0.2, 0) is 10.1 Å². The van der Waals surface area contributed by atoms with E-state index in [1.807, 2.05) is 6.07 Å². The van der Waals surface area contributed by atoms with Gasteiger partial charge in [0.05, 0.1) is 5.69 Å². The molecule has 9 heteroatoms. The van der Waals surface area contributed by atoms with Crippen LogP contribution in [0.25, 0.3) is 5.69 Å². The van der Waals surface area contributed by atoms with Gasteiger partial charge in [0, 0.05) is 7.05 Å². The first-order valence-electron chi connectivity index (χ1n) is 4.70. The van der Waals surface area contributed by atoms with Crippen LogP contribution in [-0.4, -0.2) is 34.8 Å². The Hall–Kier alpha value is -1.64. The number of benzene rings is 1. The van der Waals surface area contributed by atoms with Crippen LogP contribution in [0.15, 0.2) is 35.5 Å².